The van der Waals surface area contributed by atoms with Crippen molar-refractivity contribution >= 4 is 97.1 Å². The Morgan fingerprint density at radius 1 is 1.00 bits per heavy atom. The fourth-order valence-electron chi connectivity index (χ4n) is 8.53. The van der Waals surface area contributed by atoms with Crippen LogP contribution in [0.15, 0.2) is 29.1 Å². The van der Waals surface area contributed by atoms with Crippen molar-refractivity contribution in [2.75, 3.05) is 60.2 Å². The number of nitrogens with two attached hydrogens (primary N) is 1. The fraction of sp³-hybridized carbons (Fsp3) is 0.447. The summed E-state index contributed by atoms with van der Waals surface area (Å²) in [5.74, 6) is -5.35. The van der Waals surface area contributed by atoms with E-state index >= 15 is 4.39 Å². The molecule has 391 valence electrons. The number of methoxy groups -OCH3 is 1. The zero-order valence-corrected chi connectivity index (χ0v) is 44.5. The number of hydrogen-bond donors (Lipinski definition) is 8. The normalized spacial score (nSPS) is 15.0. The van der Waals surface area contributed by atoms with Gasteiger partial charge in [-0.1, -0.05) is 6.92 Å². The van der Waals surface area contributed by atoms with Crippen LogP contribution in [-0.4, -0.2) is 178 Å². The number of nitrogens with zero attached hydrogens (tertiary/aromatic N) is 3. The summed E-state index contributed by atoms with van der Waals surface area (Å²) < 4.78 is 28.7. The molecule has 2 aromatic heterocycles. The topological polar surface area (TPSA) is 346 Å². The number of carboxylic acids is 1. The van der Waals surface area contributed by atoms with E-state index < -0.39 is 60.1 Å². The van der Waals surface area contributed by atoms with Crippen LogP contribution >= 0.6 is 0 Å². The molecular weight excluding hydrogens is 1150 g/mol. The third-order valence-corrected chi connectivity index (χ3v) is 13.5. The van der Waals surface area contributed by atoms with Crippen LogP contribution in [0.3, 0.4) is 0 Å². The predicted octanol–water partition coefficient (Wildman–Crippen LogP) is -2.39. The van der Waals surface area contributed by atoms with Gasteiger partial charge in [-0.2, -0.15) is 0 Å². The standard InChI is InChI=1S/C35H42FN6O7.C11H13N3O6.CH3NO.Pb/c1-6-20(14-43)23-9-28-33-24(13-42(28)35(47)25(23)16-48-5)31-21(7-8-22-18(2)26(36)10-27(41-33)32(22)31)15-49-17-39-29(44)12-38-34(46)19(3)40-30(45)11-37-4;15-4-3-13-11(20)7(5-12-6-10(18)19)14-8(16)1-2-9(14)17;2-1-3;/h9-10,14,19-21,37H,3,6-8,11-13,15-17H2,1-2,4-5H3,(H,38,46)(H,39,44)(H,40,45);1-2,4,7,12H,3,5-6H2,(H,13,20)(H,18,19);1H,(H2,2,3);. The SMILES string of the molecule is CCC(C=O)c1cc2n(c(=O)c1COC)Cc1c-2nc2cc(F)c(C)c3c2c1C(COCNC(=O)CNC(=O)C([CH2][Pb])NC(=O)CNC)CC3.NC=O.O=CCNC(=O)C(CNCC(=O)O)N1C(=O)C=CC1=O. The predicted molar refractivity (Wildman–Crippen MR) is 259 cm³/mol. The molecular formula is C47H58FN10O14Pb. The number of benzene rings is 1. The number of carbonyl (C=O) groups excluding carboxylic acids is 9. The summed E-state index contributed by atoms with van der Waals surface area (Å²) in [6, 6.07) is 1.37. The maximum atomic E-state index is 15.2. The van der Waals surface area contributed by atoms with Gasteiger partial charge in [-0.15, -0.1) is 0 Å². The minimum absolute atomic E-state index is 0.0613. The molecule has 3 aliphatic rings. The van der Waals surface area contributed by atoms with Gasteiger partial charge in [-0.25, -0.2) is 9.37 Å². The van der Waals surface area contributed by atoms with Crippen LogP contribution in [0.4, 0.5) is 4.39 Å². The number of likely N-dealkylation sites (N-methyl/N-ethyl adjacent to an activating group) is 1. The molecule has 4 unspecified atom stereocenters. The summed E-state index contributed by atoms with van der Waals surface area (Å²) in [6.45, 7) is 3.00. The molecule has 3 aromatic rings. The first kappa shape index (κ1) is 58.9. The first-order valence-electron chi connectivity index (χ1n) is 22.9. The second kappa shape index (κ2) is 28.5. The number of aliphatic carboxylic acids is 1. The second-order valence-electron chi connectivity index (χ2n) is 16.5. The Balaban J connectivity index is 0.000000419. The number of rotatable bonds is 24. The molecule has 4 atom stereocenters. The van der Waals surface area contributed by atoms with Crippen LogP contribution in [0.2, 0.25) is 3.98 Å². The molecule has 1 aliphatic carbocycles. The molecule has 0 spiro atoms. The van der Waals surface area contributed by atoms with Crippen molar-refractivity contribution in [1.29, 1.82) is 0 Å². The molecule has 9 N–H and O–H groups in total. The van der Waals surface area contributed by atoms with E-state index in [-0.39, 0.29) is 82.3 Å². The van der Waals surface area contributed by atoms with Crippen LogP contribution in [-0.2, 0) is 77.0 Å². The monoisotopic (exact) mass is 1210 g/mol. The number of ether oxygens (including phenoxy) is 2. The summed E-state index contributed by atoms with van der Waals surface area (Å²) >= 11 is 0.688. The summed E-state index contributed by atoms with van der Waals surface area (Å²) in [6.07, 6.45) is 5.35. The van der Waals surface area contributed by atoms with Crippen LogP contribution in [0, 0.1) is 12.7 Å². The van der Waals surface area contributed by atoms with E-state index in [1.165, 1.54) is 13.2 Å². The molecule has 24 nitrogen and oxygen atoms in total. The van der Waals surface area contributed by atoms with Crippen molar-refractivity contribution in [3.63, 3.8) is 0 Å². The van der Waals surface area contributed by atoms with Crippen LogP contribution in [0.5, 0.6) is 0 Å². The van der Waals surface area contributed by atoms with Crippen LogP contribution in [0.25, 0.3) is 22.3 Å². The number of carboxylic acid groups (broad SMARTS) is 1. The average Bonchev–Trinajstić information content (AvgIpc) is 3.90. The third kappa shape index (κ3) is 14.7. The molecule has 1 aromatic carbocycles. The number of amides is 7. The molecule has 3 radical (unpaired) electrons. The second-order valence-corrected chi connectivity index (χ2v) is 18.1. The molecule has 0 fully saturated rings. The molecule has 4 heterocycles. The number of carbonyl (C=O) groups is 10. The Bertz CT molecular complexity index is 2680. The van der Waals surface area contributed by atoms with Crippen LogP contribution < -0.4 is 43.2 Å². The Morgan fingerprint density at radius 3 is 2.30 bits per heavy atom. The van der Waals surface area contributed by atoms with Gasteiger partial charge in [0, 0.05) is 54.3 Å². The molecule has 7 amide bonds. The number of aromatic nitrogens is 2. The van der Waals surface area contributed by atoms with Crippen molar-refractivity contribution in [3.05, 3.63) is 73.8 Å². The molecule has 0 bridgehead atoms. The average molecular weight is 1210 g/mol. The van der Waals surface area contributed by atoms with E-state index in [4.69, 9.17) is 24.4 Å². The van der Waals surface area contributed by atoms with Gasteiger partial charge >= 0.3 is 151 Å². The maximum absolute atomic E-state index is 15.2. The number of hydrogen-bond acceptors (Lipinski definition) is 16. The van der Waals surface area contributed by atoms with Gasteiger partial charge in [0.05, 0.1) is 43.1 Å². The minimum atomic E-state index is -1.22. The summed E-state index contributed by atoms with van der Waals surface area (Å²) in [5.41, 5.74) is 9.87. The smallest absolute Gasteiger partial charge is 0.480 e. The van der Waals surface area contributed by atoms with Crippen molar-refractivity contribution in [2.24, 2.45) is 5.73 Å². The number of pyridine rings is 2. The minimum Gasteiger partial charge on any atom is -0.480 e. The number of halogens is 1. The summed E-state index contributed by atoms with van der Waals surface area (Å²) in [5, 5.41) is 24.6. The zero-order chi connectivity index (χ0) is 53.9. The molecule has 26 heteroatoms. The van der Waals surface area contributed by atoms with Crippen molar-refractivity contribution in [3.8, 4) is 11.4 Å². The Kier molecular flexibility index (Phi) is 23.0. The Hall–Kier alpha value is -6.69. The van der Waals surface area contributed by atoms with E-state index in [1.54, 1.807) is 18.5 Å². The quantitative estimate of drug-likeness (QED) is 0.0119. The van der Waals surface area contributed by atoms with Gasteiger partial charge in [0.15, 0.2) is 0 Å². The van der Waals surface area contributed by atoms with Gasteiger partial charge in [-0.3, -0.25) is 33.7 Å². The Labute approximate surface area is 433 Å². The molecule has 6 rings (SSSR count). The molecule has 0 saturated heterocycles. The zero-order valence-electron chi connectivity index (χ0n) is 40.6. The third-order valence-electron chi connectivity index (χ3n) is 11.9. The number of fused-ring (bicyclic) bond motifs is 4. The number of aldehydes is 2. The first-order chi connectivity index (χ1) is 35.0. The van der Waals surface area contributed by atoms with Gasteiger partial charge < -0.3 is 40.4 Å². The number of aryl methyl sites for hydroxylation is 1. The van der Waals surface area contributed by atoms with Crippen molar-refractivity contribution < 1.29 is 66.9 Å². The van der Waals surface area contributed by atoms with E-state index in [0.29, 0.717) is 93.8 Å². The molecule has 2 aliphatic heterocycles. The van der Waals surface area contributed by atoms with E-state index in [0.717, 1.165) is 40.5 Å². The molecule has 73 heavy (non-hydrogen) atoms. The number of imide groups is 1. The van der Waals surface area contributed by atoms with E-state index in [1.807, 2.05) is 13.0 Å². The van der Waals surface area contributed by atoms with Crippen LogP contribution in [0.1, 0.15) is 65.0 Å². The number of nitrogens with one attached hydrogen (secondary N) is 6. The van der Waals surface area contributed by atoms with Gasteiger partial charge in [-0.05, 0) is 42.5 Å². The first-order valence-corrected chi connectivity index (χ1v) is 25.6. The van der Waals surface area contributed by atoms with Crippen molar-refractivity contribution in [2.45, 2.75) is 74.2 Å². The van der Waals surface area contributed by atoms with Gasteiger partial charge in [0.25, 0.3) is 17.4 Å². The van der Waals surface area contributed by atoms with Gasteiger partial charge in [0.1, 0.15) is 24.4 Å². The van der Waals surface area contributed by atoms with Gasteiger partial charge in [0.2, 0.25) is 12.3 Å². The fourth-order valence-corrected chi connectivity index (χ4v) is 9.65. The summed E-state index contributed by atoms with van der Waals surface area (Å²) in [4.78, 5) is 133. The Morgan fingerprint density at radius 2 is 1.70 bits per heavy atom. The van der Waals surface area contributed by atoms with Crippen molar-refractivity contribution in [1.82, 2.24) is 46.4 Å². The van der Waals surface area contributed by atoms with E-state index in [2.05, 4.69) is 37.6 Å². The summed E-state index contributed by atoms with van der Waals surface area (Å²) in [7, 11) is 3.14. The van der Waals surface area contributed by atoms with E-state index in [9.17, 15) is 47.9 Å². The number of primary amides is 1. The molecule has 0 saturated carbocycles.